The summed E-state index contributed by atoms with van der Waals surface area (Å²) in [7, 11) is -1.78. The van der Waals surface area contributed by atoms with E-state index in [1.165, 1.54) is 12.1 Å². The van der Waals surface area contributed by atoms with Crippen LogP contribution in [0, 0.1) is 0 Å². The van der Waals surface area contributed by atoms with Crippen LogP contribution in [0.5, 0.6) is 0 Å². The first kappa shape index (κ1) is 21.1. The molecule has 126 valence electrons. The predicted octanol–water partition coefficient (Wildman–Crippen LogP) is 1.16. The zero-order valence-electron chi connectivity index (χ0n) is 12.3. The Kier molecular flexibility index (Phi) is 10.4. The molecule has 0 radical (unpaired) electrons. The molecule has 6 nitrogen and oxygen atoms in total. The summed E-state index contributed by atoms with van der Waals surface area (Å²) in [4.78, 5) is 11.5. The first-order chi connectivity index (χ1) is 9.95. The molecule has 0 atom stereocenters. The van der Waals surface area contributed by atoms with Crippen molar-refractivity contribution in [3.63, 3.8) is 0 Å². The third kappa shape index (κ3) is 7.95. The van der Waals surface area contributed by atoms with E-state index >= 15 is 0 Å². The van der Waals surface area contributed by atoms with E-state index in [1.807, 2.05) is 7.05 Å². The van der Waals surface area contributed by atoms with Gasteiger partial charge in [-0.15, -0.1) is 12.4 Å². The molecule has 0 fully saturated rings. The first-order valence-corrected chi connectivity index (χ1v) is 8.48. The molecule has 0 unspecified atom stereocenters. The fraction of sp³-hybridized carbons (Fsp3) is 0.462. The lowest BCUT2D eigenvalue weighted by molar-refractivity contribution is -0.121. The average molecular weight is 370 g/mol. The minimum absolute atomic E-state index is 0. The highest BCUT2D eigenvalue weighted by Crippen LogP contribution is 2.14. The number of benzene rings is 1. The second-order valence-electron chi connectivity index (χ2n) is 4.41. The van der Waals surface area contributed by atoms with Gasteiger partial charge < -0.3 is 10.6 Å². The maximum Gasteiger partial charge on any atom is 0.240 e. The Morgan fingerprint density at radius 2 is 1.95 bits per heavy atom. The van der Waals surface area contributed by atoms with Crippen molar-refractivity contribution in [1.29, 1.82) is 0 Å². The summed E-state index contributed by atoms with van der Waals surface area (Å²) < 4.78 is 26.3. The average Bonchev–Trinajstić information content (AvgIpc) is 2.44. The third-order valence-electron chi connectivity index (χ3n) is 2.68. The second kappa shape index (κ2) is 10.8. The van der Waals surface area contributed by atoms with Crippen LogP contribution in [0.3, 0.4) is 0 Å². The summed E-state index contributed by atoms with van der Waals surface area (Å²) >= 11 is 5.76. The van der Waals surface area contributed by atoms with Crippen molar-refractivity contribution in [3.05, 3.63) is 29.3 Å². The van der Waals surface area contributed by atoms with Gasteiger partial charge in [-0.05, 0) is 38.2 Å². The third-order valence-corrected chi connectivity index (χ3v) is 4.37. The number of rotatable bonds is 9. The van der Waals surface area contributed by atoms with E-state index in [0.717, 1.165) is 13.0 Å². The van der Waals surface area contributed by atoms with Crippen molar-refractivity contribution < 1.29 is 13.2 Å². The molecule has 1 aromatic carbocycles. The number of hydrogen-bond acceptors (Lipinski definition) is 4. The Morgan fingerprint density at radius 1 is 1.23 bits per heavy atom. The van der Waals surface area contributed by atoms with Gasteiger partial charge in [0, 0.05) is 24.5 Å². The van der Waals surface area contributed by atoms with Crippen molar-refractivity contribution in [2.24, 2.45) is 0 Å². The van der Waals surface area contributed by atoms with Crippen LogP contribution in [0.4, 0.5) is 0 Å². The number of carbonyl (C=O) groups is 1. The lowest BCUT2D eigenvalue weighted by atomic mass is 10.3. The van der Waals surface area contributed by atoms with Crippen LogP contribution in [-0.2, 0) is 14.8 Å². The second-order valence-corrected chi connectivity index (χ2v) is 6.62. The summed E-state index contributed by atoms with van der Waals surface area (Å²) in [6.07, 6.45) is 1.17. The molecule has 1 rings (SSSR count). The molecule has 0 aliphatic heterocycles. The SMILES string of the molecule is CNCCCC(=O)NCCNS(=O)(=O)c1cccc(Cl)c1.Cl. The molecule has 1 aromatic rings. The number of carbonyl (C=O) groups excluding carboxylic acids is 1. The monoisotopic (exact) mass is 369 g/mol. The van der Waals surface area contributed by atoms with Crippen LogP contribution in [0.15, 0.2) is 29.2 Å². The van der Waals surface area contributed by atoms with E-state index in [0.29, 0.717) is 11.4 Å². The van der Waals surface area contributed by atoms with Crippen molar-refractivity contribution in [3.8, 4) is 0 Å². The fourth-order valence-electron chi connectivity index (χ4n) is 1.62. The van der Waals surface area contributed by atoms with Crippen molar-refractivity contribution in [2.45, 2.75) is 17.7 Å². The lowest BCUT2D eigenvalue weighted by Crippen LogP contribution is -2.34. The molecule has 0 aliphatic carbocycles. The molecule has 0 aliphatic rings. The van der Waals surface area contributed by atoms with Gasteiger partial charge in [0.1, 0.15) is 0 Å². The highest BCUT2D eigenvalue weighted by atomic mass is 35.5. The Bertz CT molecular complexity index is 567. The molecule has 0 bridgehead atoms. The number of nitrogens with one attached hydrogen (secondary N) is 3. The quantitative estimate of drug-likeness (QED) is 0.570. The molecule has 0 saturated heterocycles. The Balaban J connectivity index is 0.00000441. The van der Waals surface area contributed by atoms with Gasteiger partial charge in [0.25, 0.3) is 0 Å². The molecule has 0 saturated carbocycles. The van der Waals surface area contributed by atoms with Gasteiger partial charge in [-0.2, -0.15) is 0 Å². The summed E-state index contributed by atoms with van der Waals surface area (Å²) in [6.45, 7) is 1.15. The Morgan fingerprint density at radius 3 is 2.59 bits per heavy atom. The molecular weight excluding hydrogens is 349 g/mol. The van der Waals surface area contributed by atoms with Gasteiger partial charge in [-0.25, -0.2) is 13.1 Å². The largest absolute Gasteiger partial charge is 0.355 e. The minimum atomic E-state index is -3.60. The topological polar surface area (TPSA) is 87.3 Å². The summed E-state index contributed by atoms with van der Waals surface area (Å²) in [5.41, 5.74) is 0. The number of halogens is 2. The van der Waals surface area contributed by atoms with Gasteiger partial charge in [0.15, 0.2) is 0 Å². The van der Waals surface area contributed by atoms with Gasteiger partial charge >= 0.3 is 0 Å². The first-order valence-electron chi connectivity index (χ1n) is 6.62. The zero-order valence-corrected chi connectivity index (χ0v) is 14.7. The minimum Gasteiger partial charge on any atom is -0.355 e. The van der Waals surface area contributed by atoms with E-state index in [1.54, 1.807) is 12.1 Å². The molecule has 0 heterocycles. The van der Waals surface area contributed by atoms with Crippen molar-refractivity contribution >= 4 is 39.9 Å². The maximum atomic E-state index is 11.9. The zero-order chi connectivity index (χ0) is 15.7. The van der Waals surface area contributed by atoms with Crippen molar-refractivity contribution in [2.75, 3.05) is 26.7 Å². The predicted molar refractivity (Wildman–Crippen MR) is 90.1 cm³/mol. The van der Waals surface area contributed by atoms with Crippen LogP contribution in [0.1, 0.15) is 12.8 Å². The molecule has 0 aromatic heterocycles. The number of hydrogen-bond donors (Lipinski definition) is 3. The van der Waals surface area contributed by atoms with Crippen LogP contribution in [-0.4, -0.2) is 41.0 Å². The Labute approximate surface area is 142 Å². The summed E-state index contributed by atoms with van der Waals surface area (Å²) in [5.74, 6) is -0.0906. The van der Waals surface area contributed by atoms with Crippen LogP contribution >= 0.6 is 24.0 Å². The molecule has 22 heavy (non-hydrogen) atoms. The van der Waals surface area contributed by atoms with Gasteiger partial charge in [-0.3, -0.25) is 4.79 Å². The lowest BCUT2D eigenvalue weighted by Gasteiger charge is -2.08. The molecular formula is C13H21Cl2N3O3S. The van der Waals surface area contributed by atoms with E-state index in [4.69, 9.17) is 11.6 Å². The highest BCUT2D eigenvalue weighted by molar-refractivity contribution is 7.89. The summed E-state index contributed by atoms with van der Waals surface area (Å²) in [5, 5.41) is 5.96. The van der Waals surface area contributed by atoms with Crippen molar-refractivity contribution in [1.82, 2.24) is 15.4 Å². The van der Waals surface area contributed by atoms with Gasteiger partial charge in [0.05, 0.1) is 4.90 Å². The van der Waals surface area contributed by atoms with Crippen LogP contribution in [0.25, 0.3) is 0 Å². The standard InChI is InChI=1S/C13H20ClN3O3S.ClH/c1-15-7-3-6-13(18)16-8-9-17-21(19,20)12-5-2-4-11(14)10-12;/h2,4-5,10,15,17H,3,6-9H2,1H3,(H,16,18);1H. The van der Waals surface area contributed by atoms with Gasteiger partial charge in [0.2, 0.25) is 15.9 Å². The smallest absolute Gasteiger partial charge is 0.240 e. The van der Waals surface area contributed by atoms with Crippen LogP contribution in [0.2, 0.25) is 5.02 Å². The molecule has 1 amide bonds. The maximum absolute atomic E-state index is 11.9. The van der Waals surface area contributed by atoms with Crippen LogP contribution < -0.4 is 15.4 Å². The molecule has 3 N–H and O–H groups in total. The van der Waals surface area contributed by atoms with E-state index in [9.17, 15) is 13.2 Å². The van der Waals surface area contributed by atoms with E-state index in [-0.39, 0.29) is 36.3 Å². The van der Waals surface area contributed by atoms with E-state index < -0.39 is 10.0 Å². The molecule has 9 heteroatoms. The Hall–Kier alpha value is -0.860. The number of amides is 1. The van der Waals surface area contributed by atoms with E-state index in [2.05, 4.69) is 15.4 Å². The fourth-order valence-corrected chi connectivity index (χ4v) is 2.95. The summed E-state index contributed by atoms with van der Waals surface area (Å²) in [6, 6.07) is 6.01. The molecule has 0 spiro atoms. The highest BCUT2D eigenvalue weighted by Gasteiger charge is 2.13. The normalized spacial score (nSPS) is 10.8. The number of sulfonamides is 1. The van der Waals surface area contributed by atoms with Gasteiger partial charge in [-0.1, -0.05) is 17.7 Å².